The molecule has 0 radical (unpaired) electrons. The number of carbonyl (C=O) groups is 2. The number of halogens is 3. The third-order valence-corrected chi connectivity index (χ3v) is 7.77. The summed E-state index contributed by atoms with van der Waals surface area (Å²) in [6.07, 6.45) is -1.64. The van der Waals surface area contributed by atoms with Crippen molar-refractivity contribution in [2.24, 2.45) is 5.73 Å². The normalized spacial score (nSPS) is 14.8. The third-order valence-electron chi connectivity index (χ3n) is 7.77. The lowest BCUT2D eigenvalue weighted by Gasteiger charge is -2.32. The molecular formula is C31H39F3N6O4. The number of likely N-dealkylation sites (tertiary alicyclic amines) is 1. The van der Waals surface area contributed by atoms with E-state index < -0.39 is 23.9 Å². The van der Waals surface area contributed by atoms with Crippen LogP contribution in [0.1, 0.15) is 80.4 Å². The molecule has 2 aromatic carbocycles. The van der Waals surface area contributed by atoms with E-state index in [0.29, 0.717) is 60.0 Å². The first-order chi connectivity index (χ1) is 20.8. The molecule has 0 unspecified atom stereocenters. The smallest absolute Gasteiger partial charge is 0.416 e. The number of primary amides is 1. The molecule has 10 nitrogen and oxygen atoms in total. The number of rotatable bonds is 11. The lowest BCUT2D eigenvalue weighted by molar-refractivity contribution is -0.137. The second kappa shape index (κ2) is 14.0. The number of amides is 2. The predicted molar refractivity (Wildman–Crippen MR) is 161 cm³/mol. The van der Waals surface area contributed by atoms with Crippen molar-refractivity contribution in [3.63, 3.8) is 0 Å². The van der Waals surface area contributed by atoms with Gasteiger partial charge >= 0.3 is 12.3 Å². The van der Waals surface area contributed by atoms with Crippen molar-refractivity contribution in [1.82, 2.24) is 14.9 Å². The standard InChI is InChI=1S/C31H39F3N6O4/c1-18(22-13-23(31(32,33)34)15-24(35)14-22)37-29-26-16-25(21-7-9-40(10-8-21)20(3)41)28(17-27(26)38-19(2)39-29)43-11-5-4-6-12-44-30(36)42/h13-18,21H,4-12,35H2,1-3H3,(H2,36,42)(H,37,38,39)/t18-/m1/s1. The van der Waals surface area contributed by atoms with Gasteiger partial charge in [-0.2, -0.15) is 13.2 Å². The zero-order valence-electron chi connectivity index (χ0n) is 25.2. The number of alkyl halides is 3. The molecule has 0 spiro atoms. The van der Waals surface area contributed by atoms with Crippen LogP contribution < -0.4 is 21.5 Å². The highest BCUT2D eigenvalue weighted by Gasteiger charge is 2.32. The zero-order valence-corrected chi connectivity index (χ0v) is 25.2. The number of piperidine rings is 1. The fraction of sp³-hybridized carbons (Fsp3) is 0.484. The zero-order chi connectivity index (χ0) is 32.0. The maximum Gasteiger partial charge on any atom is 0.416 e. The minimum atomic E-state index is -4.53. The van der Waals surface area contributed by atoms with Crippen molar-refractivity contribution in [3.8, 4) is 5.75 Å². The minimum absolute atomic E-state index is 0.0218. The molecule has 1 fully saturated rings. The minimum Gasteiger partial charge on any atom is -0.493 e. The van der Waals surface area contributed by atoms with Crippen LogP contribution in [-0.2, 0) is 15.7 Å². The van der Waals surface area contributed by atoms with Crippen LogP contribution in [0, 0.1) is 6.92 Å². The first-order valence-corrected chi connectivity index (χ1v) is 14.7. The molecule has 1 aliphatic heterocycles. The van der Waals surface area contributed by atoms with E-state index in [-0.39, 0.29) is 24.1 Å². The molecular weight excluding hydrogens is 577 g/mol. The summed E-state index contributed by atoms with van der Waals surface area (Å²) in [6, 6.07) is 6.85. The largest absolute Gasteiger partial charge is 0.493 e. The van der Waals surface area contributed by atoms with Gasteiger partial charge in [-0.15, -0.1) is 0 Å². The summed E-state index contributed by atoms with van der Waals surface area (Å²) in [6.45, 7) is 7.01. The molecule has 238 valence electrons. The number of aryl methyl sites for hydroxylation is 1. The molecule has 0 saturated carbocycles. The van der Waals surface area contributed by atoms with Gasteiger partial charge in [-0.3, -0.25) is 4.79 Å². The average molecular weight is 617 g/mol. The van der Waals surface area contributed by atoms with Gasteiger partial charge in [0.2, 0.25) is 5.91 Å². The fourth-order valence-electron chi connectivity index (χ4n) is 5.46. The first kappa shape index (κ1) is 32.6. The Morgan fingerprint density at radius 1 is 1.07 bits per heavy atom. The molecule has 0 aliphatic carbocycles. The van der Waals surface area contributed by atoms with Crippen molar-refractivity contribution in [3.05, 3.63) is 52.8 Å². The van der Waals surface area contributed by atoms with Crippen molar-refractivity contribution < 1.29 is 32.2 Å². The van der Waals surface area contributed by atoms with E-state index in [1.54, 1.807) is 20.8 Å². The van der Waals surface area contributed by atoms with Crippen molar-refractivity contribution >= 4 is 34.4 Å². The maximum atomic E-state index is 13.5. The van der Waals surface area contributed by atoms with Gasteiger partial charge in [0.15, 0.2) is 0 Å². The van der Waals surface area contributed by atoms with Gasteiger partial charge in [-0.1, -0.05) is 0 Å². The van der Waals surface area contributed by atoms with Crippen molar-refractivity contribution in [2.45, 2.75) is 71.0 Å². The van der Waals surface area contributed by atoms with Crippen LogP contribution >= 0.6 is 0 Å². The topological polar surface area (TPSA) is 146 Å². The number of aromatic nitrogens is 2. The Morgan fingerprint density at radius 2 is 1.77 bits per heavy atom. The second-order valence-electron chi connectivity index (χ2n) is 11.1. The number of nitrogens with one attached hydrogen (secondary N) is 1. The summed E-state index contributed by atoms with van der Waals surface area (Å²) in [4.78, 5) is 33.8. The third kappa shape index (κ3) is 8.42. The first-order valence-electron chi connectivity index (χ1n) is 14.7. The molecule has 3 aromatic rings. The molecule has 1 atom stereocenters. The molecule has 5 N–H and O–H groups in total. The summed E-state index contributed by atoms with van der Waals surface area (Å²) in [5.74, 6) is 1.81. The van der Waals surface area contributed by atoms with Crippen LogP contribution in [0.25, 0.3) is 10.9 Å². The Balaban J connectivity index is 1.63. The molecule has 2 amide bonds. The summed E-state index contributed by atoms with van der Waals surface area (Å²) in [7, 11) is 0. The van der Waals surface area contributed by atoms with E-state index in [2.05, 4.69) is 15.3 Å². The number of nitrogen functional groups attached to an aromatic ring is 1. The summed E-state index contributed by atoms with van der Waals surface area (Å²) in [5.41, 5.74) is 12.0. The van der Waals surface area contributed by atoms with E-state index >= 15 is 0 Å². The van der Waals surface area contributed by atoms with Crippen LogP contribution in [-0.4, -0.2) is 53.2 Å². The van der Waals surface area contributed by atoms with Gasteiger partial charge in [-0.05, 0) is 87.3 Å². The fourth-order valence-corrected chi connectivity index (χ4v) is 5.46. The van der Waals surface area contributed by atoms with Crippen LogP contribution in [0.3, 0.4) is 0 Å². The van der Waals surface area contributed by atoms with Gasteiger partial charge in [0, 0.05) is 37.2 Å². The maximum absolute atomic E-state index is 13.5. The number of hydrogen-bond acceptors (Lipinski definition) is 8. The van der Waals surface area contributed by atoms with Crippen LogP contribution in [0.5, 0.6) is 5.75 Å². The van der Waals surface area contributed by atoms with Gasteiger partial charge in [-0.25, -0.2) is 14.8 Å². The molecule has 4 rings (SSSR count). The highest BCUT2D eigenvalue weighted by atomic mass is 19.4. The van der Waals surface area contributed by atoms with Crippen LogP contribution in [0.4, 0.5) is 29.5 Å². The van der Waals surface area contributed by atoms with Crippen LogP contribution in [0.2, 0.25) is 0 Å². The number of unbranched alkanes of at least 4 members (excludes halogenated alkanes) is 2. The Hall–Kier alpha value is -4.29. The molecule has 1 aliphatic rings. The lowest BCUT2D eigenvalue weighted by atomic mass is 9.88. The highest BCUT2D eigenvalue weighted by Crippen LogP contribution is 2.39. The van der Waals surface area contributed by atoms with E-state index in [4.69, 9.17) is 20.9 Å². The molecule has 2 heterocycles. The van der Waals surface area contributed by atoms with Gasteiger partial charge in [0.1, 0.15) is 17.4 Å². The summed E-state index contributed by atoms with van der Waals surface area (Å²) in [5, 5.41) is 4.00. The summed E-state index contributed by atoms with van der Waals surface area (Å²) < 4.78 is 51.5. The van der Waals surface area contributed by atoms with Crippen LogP contribution in [0.15, 0.2) is 30.3 Å². The van der Waals surface area contributed by atoms with E-state index in [0.717, 1.165) is 43.4 Å². The molecule has 1 aromatic heterocycles. The molecule has 1 saturated heterocycles. The molecule has 0 bridgehead atoms. The van der Waals surface area contributed by atoms with Crippen molar-refractivity contribution in [2.75, 3.05) is 37.4 Å². The Labute approximate surface area is 254 Å². The van der Waals surface area contributed by atoms with E-state index in [1.807, 2.05) is 17.0 Å². The Bertz CT molecular complexity index is 1490. The van der Waals surface area contributed by atoms with Gasteiger partial charge in [0.25, 0.3) is 0 Å². The second-order valence-corrected chi connectivity index (χ2v) is 11.1. The lowest BCUT2D eigenvalue weighted by Crippen LogP contribution is -2.36. The predicted octanol–water partition coefficient (Wildman–Crippen LogP) is 6.08. The highest BCUT2D eigenvalue weighted by molar-refractivity contribution is 5.91. The number of hydrogen-bond donors (Lipinski definition) is 3. The average Bonchev–Trinajstić information content (AvgIpc) is 2.95. The number of anilines is 2. The Morgan fingerprint density at radius 3 is 2.43 bits per heavy atom. The van der Waals surface area contributed by atoms with E-state index in [1.165, 1.54) is 6.07 Å². The Kier molecular flexibility index (Phi) is 10.4. The monoisotopic (exact) mass is 616 g/mol. The number of ether oxygens (including phenoxy) is 2. The number of fused-ring (bicyclic) bond motifs is 1. The number of benzene rings is 2. The van der Waals surface area contributed by atoms with Crippen molar-refractivity contribution in [1.29, 1.82) is 0 Å². The van der Waals surface area contributed by atoms with Gasteiger partial charge in [0.05, 0.1) is 30.3 Å². The van der Waals surface area contributed by atoms with Gasteiger partial charge < -0.3 is 31.2 Å². The summed E-state index contributed by atoms with van der Waals surface area (Å²) >= 11 is 0. The number of nitrogens with zero attached hydrogens (tertiary/aromatic N) is 3. The quantitative estimate of drug-likeness (QED) is 0.174. The van der Waals surface area contributed by atoms with E-state index in [9.17, 15) is 22.8 Å². The number of nitrogens with two attached hydrogens (primary N) is 2. The molecule has 13 heteroatoms. The number of carbonyl (C=O) groups excluding carboxylic acids is 2. The SMILES string of the molecule is CC(=O)N1CCC(c2cc3c(N[C@H](C)c4cc(N)cc(C(F)(F)F)c4)nc(C)nc3cc2OCCCCCOC(N)=O)CC1. The molecule has 44 heavy (non-hydrogen) atoms.